The Kier molecular flexibility index (Phi) is 2.90. The van der Waals surface area contributed by atoms with Crippen LogP contribution in [0.3, 0.4) is 0 Å². The number of hydrogen-bond acceptors (Lipinski definition) is 2. The van der Waals surface area contributed by atoms with Gasteiger partial charge in [0.2, 0.25) is 6.54 Å². The van der Waals surface area contributed by atoms with Crippen LogP contribution in [0, 0.1) is 0 Å². The third-order valence-corrected chi connectivity index (χ3v) is 1.54. The van der Waals surface area contributed by atoms with Crippen molar-refractivity contribution in [3.05, 3.63) is 30.6 Å². The normalized spacial score (nSPS) is 12.1. The van der Waals surface area contributed by atoms with E-state index in [2.05, 4.69) is 0 Å². The van der Waals surface area contributed by atoms with Crippen LogP contribution in [0.15, 0.2) is 30.6 Å². The maximum Gasteiger partial charge on any atom is 0.297 e. The lowest BCUT2D eigenvalue weighted by Gasteiger charge is -2.16. The molecule has 0 unspecified atom stereocenters. The predicted octanol–water partition coefficient (Wildman–Crippen LogP) is -0.0799. The number of nitrogens with zero attached hydrogens (tertiary/aromatic N) is 1. The Bertz CT molecular complexity index is 264. The zero-order valence-electron chi connectivity index (χ0n) is 6.77. The van der Waals surface area contributed by atoms with E-state index in [9.17, 15) is 8.78 Å². The summed E-state index contributed by atoms with van der Waals surface area (Å²) in [6.07, 6.45) is -0.229. The summed E-state index contributed by atoms with van der Waals surface area (Å²) in [7, 11) is 0. The number of halogens is 2. The Balaban J connectivity index is 2.69. The first kappa shape index (κ1) is 10.0. The molecule has 13 heavy (non-hydrogen) atoms. The highest BCUT2D eigenvalue weighted by Crippen LogP contribution is 2.11. The second-order valence-electron chi connectivity index (χ2n) is 2.73. The van der Waals surface area contributed by atoms with E-state index in [0.717, 1.165) is 0 Å². The molecule has 0 saturated heterocycles. The van der Waals surface area contributed by atoms with Crippen LogP contribution in [-0.2, 0) is 6.54 Å². The molecule has 0 atom stereocenters. The largest absolute Gasteiger partial charge is 0.356 e. The van der Waals surface area contributed by atoms with Crippen LogP contribution in [0.25, 0.3) is 0 Å². The van der Waals surface area contributed by atoms with Crippen LogP contribution in [0.1, 0.15) is 0 Å². The quantitative estimate of drug-likeness (QED) is 0.517. The van der Waals surface area contributed by atoms with E-state index in [0.29, 0.717) is 0 Å². The first-order valence-electron chi connectivity index (χ1n) is 3.69. The summed E-state index contributed by atoms with van der Waals surface area (Å²) < 4.78 is 25.2. The van der Waals surface area contributed by atoms with E-state index in [1.807, 2.05) is 0 Å². The van der Waals surface area contributed by atoms with Crippen molar-refractivity contribution >= 4 is 0 Å². The van der Waals surface area contributed by atoms with Crippen molar-refractivity contribution in [1.29, 1.82) is 0 Å². The predicted molar refractivity (Wildman–Crippen MR) is 39.8 cm³/mol. The molecule has 0 aliphatic carbocycles. The maximum atomic E-state index is 12.0. The average molecular weight is 190 g/mol. The molecule has 5 heteroatoms. The van der Waals surface area contributed by atoms with Crippen LogP contribution >= 0.6 is 0 Å². The SMILES string of the molecule is OC(O)(C[n+]1ccccc1)C(F)F. The zero-order valence-corrected chi connectivity index (χ0v) is 6.77. The van der Waals surface area contributed by atoms with Crippen LogP contribution in [0.2, 0.25) is 0 Å². The van der Waals surface area contributed by atoms with E-state index in [4.69, 9.17) is 10.2 Å². The molecule has 0 aromatic carbocycles. The van der Waals surface area contributed by atoms with E-state index in [1.165, 1.54) is 17.0 Å². The minimum absolute atomic E-state index is 0.550. The van der Waals surface area contributed by atoms with Gasteiger partial charge in [-0.3, -0.25) is 0 Å². The van der Waals surface area contributed by atoms with Gasteiger partial charge in [0, 0.05) is 12.1 Å². The van der Waals surface area contributed by atoms with Crippen LogP contribution in [0.5, 0.6) is 0 Å². The molecule has 0 radical (unpaired) electrons. The first-order chi connectivity index (χ1) is 6.02. The molecule has 3 nitrogen and oxygen atoms in total. The monoisotopic (exact) mass is 190 g/mol. The summed E-state index contributed by atoms with van der Waals surface area (Å²) >= 11 is 0. The zero-order chi connectivity index (χ0) is 9.90. The van der Waals surface area contributed by atoms with Gasteiger partial charge >= 0.3 is 0 Å². The fourth-order valence-corrected chi connectivity index (χ4v) is 0.877. The average Bonchev–Trinajstić information content (AvgIpc) is 2.05. The van der Waals surface area contributed by atoms with Crippen molar-refractivity contribution < 1.29 is 23.6 Å². The van der Waals surface area contributed by atoms with E-state index in [-0.39, 0.29) is 0 Å². The van der Waals surface area contributed by atoms with Gasteiger partial charge in [-0.25, -0.2) is 8.78 Å². The fourth-order valence-electron chi connectivity index (χ4n) is 0.877. The van der Waals surface area contributed by atoms with Gasteiger partial charge in [0.25, 0.3) is 12.2 Å². The Labute approximate surface area is 73.9 Å². The molecule has 1 aromatic rings. The Morgan fingerprint density at radius 2 is 1.69 bits per heavy atom. The molecule has 0 bridgehead atoms. The summed E-state index contributed by atoms with van der Waals surface area (Å²) in [6, 6.07) is 4.93. The Morgan fingerprint density at radius 1 is 1.15 bits per heavy atom. The standard InChI is InChI=1S/C8H10F2NO2/c9-7(10)8(12,13)6-11-4-2-1-3-5-11/h1-5,7,12-13H,6H2/q+1. The number of aromatic nitrogens is 1. The Morgan fingerprint density at radius 3 is 2.15 bits per heavy atom. The van der Waals surface area contributed by atoms with E-state index in [1.54, 1.807) is 18.2 Å². The molecular formula is C8H10F2NO2+. The van der Waals surface area contributed by atoms with Crippen molar-refractivity contribution in [3.8, 4) is 0 Å². The molecule has 2 N–H and O–H groups in total. The molecule has 72 valence electrons. The molecule has 1 aromatic heterocycles. The van der Waals surface area contributed by atoms with Gasteiger partial charge in [0.15, 0.2) is 12.4 Å². The lowest BCUT2D eigenvalue weighted by molar-refractivity contribution is -0.722. The van der Waals surface area contributed by atoms with Crippen LogP contribution in [0.4, 0.5) is 8.78 Å². The fraction of sp³-hybridized carbons (Fsp3) is 0.375. The second kappa shape index (κ2) is 3.76. The highest BCUT2D eigenvalue weighted by atomic mass is 19.3. The lowest BCUT2D eigenvalue weighted by atomic mass is 10.3. The van der Waals surface area contributed by atoms with E-state index < -0.39 is 18.8 Å². The topological polar surface area (TPSA) is 44.3 Å². The van der Waals surface area contributed by atoms with Gasteiger partial charge in [-0.2, -0.15) is 4.57 Å². The van der Waals surface area contributed by atoms with Gasteiger partial charge < -0.3 is 10.2 Å². The van der Waals surface area contributed by atoms with Crippen LogP contribution < -0.4 is 4.57 Å². The highest BCUT2D eigenvalue weighted by Gasteiger charge is 2.39. The molecule has 0 aliphatic heterocycles. The maximum absolute atomic E-state index is 12.0. The van der Waals surface area contributed by atoms with Gasteiger partial charge in [-0.15, -0.1) is 0 Å². The number of aliphatic hydroxyl groups is 2. The minimum atomic E-state index is -3.18. The summed E-state index contributed by atoms with van der Waals surface area (Å²) in [4.78, 5) is 0. The van der Waals surface area contributed by atoms with Crippen molar-refractivity contribution in [2.75, 3.05) is 0 Å². The highest BCUT2D eigenvalue weighted by molar-refractivity contribution is 4.83. The third-order valence-electron chi connectivity index (χ3n) is 1.54. The number of pyridine rings is 1. The summed E-state index contributed by atoms with van der Waals surface area (Å²) in [5, 5.41) is 17.7. The summed E-state index contributed by atoms with van der Waals surface area (Å²) in [5.74, 6) is -2.97. The van der Waals surface area contributed by atoms with Crippen molar-refractivity contribution in [1.82, 2.24) is 0 Å². The Hall–Kier alpha value is -1.07. The van der Waals surface area contributed by atoms with Crippen LogP contribution in [-0.4, -0.2) is 22.4 Å². The molecule has 0 aliphatic rings. The van der Waals surface area contributed by atoms with Crippen molar-refractivity contribution in [3.63, 3.8) is 0 Å². The smallest absolute Gasteiger partial charge is 0.297 e. The van der Waals surface area contributed by atoms with Gasteiger partial charge in [0.05, 0.1) is 0 Å². The second-order valence-corrected chi connectivity index (χ2v) is 2.73. The van der Waals surface area contributed by atoms with Crippen molar-refractivity contribution in [2.45, 2.75) is 18.8 Å². The molecule has 1 rings (SSSR count). The van der Waals surface area contributed by atoms with Crippen molar-refractivity contribution in [2.24, 2.45) is 0 Å². The molecule has 0 saturated carbocycles. The molecule has 1 heterocycles. The number of rotatable bonds is 3. The molecule has 0 fully saturated rings. The van der Waals surface area contributed by atoms with Gasteiger partial charge in [0.1, 0.15) is 0 Å². The summed E-state index contributed by atoms with van der Waals surface area (Å²) in [6.45, 7) is -0.550. The number of alkyl halides is 2. The molecule has 0 spiro atoms. The van der Waals surface area contributed by atoms with Gasteiger partial charge in [-0.05, 0) is 0 Å². The molecular weight excluding hydrogens is 180 g/mol. The minimum Gasteiger partial charge on any atom is -0.356 e. The molecule has 0 amide bonds. The van der Waals surface area contributed by atoms with Gasteiger partial charge in [-0.1, -0.05) is 6.07 Å². The summed E-state index contributed by atoms with van der Waals surface area (Å²) in [5.41, 5.74) is 0. The number of hydrogen-bond donors (Lipinski definition) is 2. The lowest BCUT2D eigenvalue weighted by Crippen LogP contribution is -2.51. The van der Waals surface area contributed by atoms with E-state index >= 15 is 0 Å². The third kappa shape index (κ3) is 2.71. The first-order valence-corrected chi connectivity index (χ1v) is 3.69.